The second-order valence-electron chi connectivity index (χ2n) is 5.26. The van der Waals surface area contributed by atoms with E-state index in [1.165, 1.54) is 5.56 Å². The minimum absolute atomic E-state index is 0.117. The van der Waals surface area contributed by atoms with Crippen LogP contribution in [0.2, 0.25) is 0 Å². The fourth-order valence-electron chi connectivity index (χ4n) is 2.79. The fourth-order valence-corrected chi connectivity index (χ4v) is 2.79. The van der Waals surface area contributed by atoms with Gasteiger partial charge in [-0.1, -0.05) is 23.4 Å². The topological polar surface area (TPSA) is 46.3 Å². The second-order valence-corrected chi connectivity index (χ2v) is 5.26. The van der Waals surface area contributed by atoms with Gasteiger partial charge >= 0.3 is 0 Å². The molecule has 1 amide bonds. The van der Waals surface area contributed by atoms with Gasteiger partial charge in [0.2, 0.25) is 5.91 Å². The van der Waals surface area contributed by atoms with E-state index < -0.39 is 0 Å². The zero-order chi connectivity index (χ0) is 14.1. The third-order valence-electron chi connectivity index (χ3n) is 3.92. The quantitative estimate of drug-likeness (QED) is 0.843. The van der Waals surface area contributed by atoms with Gasteiger partial charge in [0.25, 0.3) is 0 Å². The highest BCUT2D eigenvalue weighted by Crippen LogP contribution is 2.27. The van der Waals surface area contributed by atoms with Crippen LogP contribution in [0.3, 0.4) is 0 Å². The molecule has 1 aliphatic rings. The summed E-state index contributed by atoms with van der Waals surface area (Å²) in [6, 6.07) is 8.14. The summed E-state index contributed by atoms with van der Waals surface area (Å²) in [4.78, 5) is 14.5. The highest BCUT2D eigenvalue weighted by molar-refractivity contribution is 5.96. The van der Waals surface area contributed by atoms with Gasteiger partial charge in [-0.3, -0.25) is 4.79 Å². The molecule has 3 rings (SSSR count). The first-order chi connectivity index (χ1) is 9.66. The Morgan fingerprint density at radius 3 is 2.90 bits per heavy atom. The highest BCUT2D eigenvalue weighted by Gasteiger charge is 2.24. The van der Waals surface area contributed by atoms with Crippen LogP contribution in [0.5, 0.6) is 0 Å². The van der Waals surface area contributed by atoms with Crippen LogP contribution < -0.4 is 4.90 Å². The van der Waals surface area contributed by atoms with Crippen molar-refractivity contribution in [2.24, 2.45) is 0 Å². The Hall–Kier alpha value is -2.10. The Morgan fingerprint density at radius 1 is 1.35 bits per heavy atom. The van der Waals surface area contributed by atoms with Crippen LogP contribution in [0, 0.1) is 13.8 Å². The summed E-state index contributed by atoms with van der Waals surface area (Å²) in [5.41, 5.74) is 4.03. The first-order valence-electron chi connectivity index (χ1n) is 6.97. The average molecular weight is 270 g/mol. The lowest BCUT2D eigenvalue weighted by Crippen LogP contribution is -2.36. The molecule has 0 aliphatic carbocycles. The SMILES string of the molecule is Cc1noc(C)c1CC(=O)N1CCCc2ccccc21. The Balaban J connectivity index is 1.86. The van der Waals surface area contributed by atoms with Crippen molar-refractivity contribution in [2.45, 2.75) is 33.1 Å². The Labute approximate surface area is 118 Å². The number of amides is 1. The van der Waals surface area contributed by atoms with Crippen molar-refractivity contribution < 1.29 is 9.32 Å². The van der Waals surface area contributed by atoms with Crippen molar-refractivity contribution in [3.8, 4) is 0 Å². The summed E-state index contributed by atoms with van der Waals surface area (Å²) in [7, 11) is 0. The number of para-hydroxylation sites is 1. The number of aromatic nitrogens is 1. The first kappa shape index (κ1) is 12.9. The number of fused-ring (bicyclic) bond motifs is 1. The number of rotatable bonds is 2. The van der Waals surface area contributed by atoms with Gasteiger partial charge in [0.05, 0.1) is 12.1 Å². The van der Waals surface area contributed by atoms with Crippen LogP contribution in [0.4, 0.5) is 5.69 Å². The summed E-state index contributed by atoms with van der Waals surface area (Å²) < 4.78 is 5.13. The maximum absolute atomic E-state index is 12.6. The summed E-state index contributed by atoms with van der Waals surface area (Å²) in [6.45, 7) is 4.52. The molecule has 4 heteroatoms. The molecule has 0 unspecified atom stereocenters. The number of nitrogens with zero attached hydrogens (tertiary/aromatic N) is 2. The van der Waals surface area contributed by atoms with Gasteiger partial charge in [0, 0.05) is 17.8 Å². The lowest BCUT2D eigenvalue weighted by atomic mass is 10.0. The Kier molecular flexibility index (Phi) is 3.30. The van der Waals surface area contributed by atoms with Crippen LogP contribution in [-0.2, 0) is 17.6 Å². The first-order valence-corrected chi connectivity index (χ1v) is 6.97. The molecule has 104 valence electrons. The van der Waals surface area contributed by atoms with Gasteiger partial charge in [-0.2, -0.15) is 0 Å². The maximum atomic E-state index is 12.6. The third kappa shape index (κ3) is 2.22. The molecule has 0 bridgehead atoms. The van der Waals surface area contributed by atoms with E-state index in [9.17, 15) is 4.79 Å². The molecule has 0 fully saturated rings. The molecule has 1 aromatic heterocycles. The monoisotopic (exact) mass is 270 g/mol. The van der Waals surface area contributed by atoms with Crippen molar-refractivity contribution in [3.05, 3.63) is 46.8 Å². The lowest BCUT2D eigenvalue weighted by Gasteiger charge is -2.29. The average Bonchev–Trinajstić information content (AvgIpc) is 2.78. The number of carbonyl (C=O) groups excluding carboxylic acids is 1. The van der Waals surface area contributed by atoms with Crippen LogP contribution in [-0.4, -0.2) is 17.6 Å². The molecule has 1 aliphatic heterocycles. The minimum atomic E-state index is 0.117. The molecular weight excluding hydrogens is 252 g/mol. The van der Waals surface area contributed by atoms with E-state index in [1.807, 2.05) is 36.9 Å². The predicted molar refractivity (Wildman–Crippen MR) is 76.8 cm³/mol. The van der Waals surface area contributed by atoms with E-state index >= 15 is 0 Å². The highest BCUT2D eigenvalue weighted by atomic mass is 16.5. The van der Waals surface area contributed by atoms with Crippen molar-refractivity contribution in [1.29, 1.82) is 0 Å². The van der Waals surface area contributed by atoms with Crippen molar-refractivity contribution in [2.75, 3.05) is 11.4 Å². The molecule has 0 radical (unpaired) electrons. The molecule has 0 atom stereocenters. The summed E-state index contributed by atoms with van der Waals surface area (Å²) in [6.07, 6.45) is 2.42. The Bertz CT molecular complexity index is 626. The van der Waals surface area contributed by atoms with Crippen LogP contribution in [0.1, 0.15) is 29.0 Å². The molecule has 20 heavy (non-hydrogen) atoms. The van der Waals surface area contributed by atoms with Gasteiger partial charge in [-0.05, 0) is 38.3 Å². The molecular formula is C16H18N2O2. The number of hydrogen-bond acceptors (Lipinski definition) is 3. The van der Waals surface area contributed by atoms with E-state index in [0.29, 0.717) is 6.42 Å². The minimum Gasteiger partial charge on any atom is -0.361 e. The predicted octanol–water partition coefficient (Wildman–Crippen LogP) is 2.81. The number of hydrogen-bond donors (Lipinski definition) is 0. The third-order valence-corrected chi connectivity index (χ3v) is 3.92. The smallest absolute Gasteiger partial charge is 0.231 e. The van der Waals surface area contributed by atoms with Gasteiger partial charge in [-0.15, -0.1) is 0 Å². The number of carbonyl (C=O) groups is 1. The molecule has 0 saturated carbocycles. The van der Waals surface area contributed by atoms with Crippen LogP contribution in [0.25, 0.3) is 0 Å². The molecule has 4 nitrogen and oxygen atoms in total. The zero-order valence-electron chi connectivity index (χ0n) is 11.8. The molecule has 2 heterocycles. The van der Waals surface area contributed by atoms with Gasteiger partial charge in [-0.25, -0.2) is 0 Å². The number of anilines is 1. The summed E-state index contributed by atoms with van der Waals surface area (Å²) >= 11 is 0. The standard InChI is InChI=1S/C16H18N2O2/c1-11-14(12(2)20-17-11)10-16(19)18-9-5-7-13-6-3-4-8-15(13)18/h3-4,6,8H,5,7,9-10H2,1-2H3. The van der Waals surface area contributed by atoms with Crippen LogP contribution >= 0.6 is 0 Å². The van der Waals surface area contributed by atoms with E-state index in [1.54, 1.807) is 0 Å². The van der Waals surface area contributed by atoms with Gasteiger partial charge in [0.1, 0.15) is 5.76 Å². The second kappa shape index (κ2) is 5.12. The van der Waals surface area contributed by atoms with E-state index in [2.05, 4.69) is 11.2 Å². The number of benzene rings is 1. The summed E-state index contributed by atoms with van der Waals surface area (Å²) in [5.74, 6) is 0.854. The lowest BCUT2D eigenvalue weighted by molar-refractivity contribution is -0.118. The van der Waals surface area contributed by atoms with E-state index in [0.717, 1.165) is 42.1 Å². The van der Waals surface area contributed by atoms with Gasteiger partial charge < -0.3 is 9.42 Å². The Morgan fingerprint density at radius 2 is 2.15 bits per heavy atom. The zero-order valence-corrected chi connectivity index (χ0v) is 11.8. The molecule has 0 saturated heterocycles. The molecule has 1 aromatic carbocycles. The maximum Gasteiger partial charge on any atom is 0.231 e. The van der Waals surface area contributed by atoms with Crippen LogP contribution in [0.15, 0.2) is 28.8 Å². The molecule has 0 spiro atoms. The largest absolute Gasteiger partial charge is 0.361 e. The van der Waals surface area contributed by atoms with E-state index in [4.69, 9.17) is 4.52 Å². The van der Waals surface area contributed by atoms with Gasteiger partial charge in [0.15, 0.2) is 0 Å². The van der Waals surface area contributed by atoms with E-state index in [-0.39, 0.29) is 5.91 Å². The summed E-state index contributed by atoms with van der Waals surface area (Å²) in [5, 5.41) is 3.91. The molecule has 2 aromatic rings. The van der Waals surface area contributed by atoms with Crippen molar-refractivity contribution in [1.82, 2.24) is 5.16 Å². The van der Waals surface area contributed by atoms with Crippen molar-refractivity contribution in [3.63, 3.8) is 0 Å². The number of aryl methyl sites for hydroxylation is 3. The fraction of sp³-hybridized carbons (Fsp3) is 0.375. The normalized spacial score (nSPS) is 14.2. The van der Waals surface area contributed by atoms with Crippen molar-refractivity contribution >= 4 is 11.6 Å². The molecule has 0 N–H and O–H groups in total.